The molecule has 2 aromatic carbocycles. The number of furan rings is 1. The predicted molar refractivity (Wildman–Crippen MR) is 118 cm³/mol. The Hall–Kier alpha value is -3.83. The summed E-state index contributed by atoms with van der Waals surface area (Å²) in [5.74, 6) is 0.484. The Morgan fingerprint density at radius 3 is 2.53 bits per heavy atom. The molecule has 1 atom stereocenters. The first-order valence-electron chi connectivity index (χ1n) is 10.3. The molecule has 10 nitrogen and oxygen atoms in total. The van der Waals surface area contributed by atoms with Crippen LogP contribution in [0, 0.1) is 0 Å². The molecule has 1 aliphatic rings. The first-order valence-corrected chi connectivity index (χ1v) is 11.8. The van der Waals surface area contributed by atoms with Gasteiger partial charge in [-0.3, -0.25) is 4.79 Å². The third-order valence-corrected chi connectivity index (χ3v) is 6.39. The molecule has 0 fully saturated rings. The molecule has 11 heteroatoms. The van der Waals surface area contributed by atoms with Crippen LogP contribution in [-0.2, 0) is 32.6 Å². The predicted octanol–water partition coefficient (Wildman–Crippen LogP) is 2.35. The highest BCUT2D eigenvalue weighted by Crippen LogP contribution is 2.32. The Morgan fingerprint density at radius 2 is 1.79 bits per heavy atom. The fourth-order valence-electron chi connectivity index (χ4n) is 3.10. The topological polar surface area (TPSA) is 133 Å². The van der Waals surface area contributed by atoms with Crippen molar-refractivity contribution in [2.24, 2.45) is 0 Å². The van der Waals surface area contributed by atoms with Crippen LogP contribution in [0.4, 0.5) is 0 Å². The molecule has 34 heavy (non-hydrogen) atoms. The van der Waals surface area contributed by atoms with E-state index in [1.807, 2.05) is 0 Å². The third-order valence-electron chi connectivity index (χ3n) is 4.97. The molecule has 0 saturated carbocycles. The van der Waals surface area contributed by atoms with Crippen LogP contribution in [0.5, 0.6) is 11.5 Å². The lowest BCUT2D eigenvalue weighted by molar-refractivity contribution is -0.129. The molecule has 2 N–H and O–H groups in total. The smallest absolute Gasteiger partial charge is 0.338 e. The number of esters is 1. The molecule has 0 saturated heterocycles. The second kappa shape index (κ2) is 9.98. The Labute approximate surface area is 195 Å². The first kappa shape index (κ1) is 23.3. The highest BCUT2D eigenvalue weighted by atomic mass is 32.2. The van der Waals surface area contributed by atoms with Gasteiger partial charge in [-0.05, 0) is 61.0 Å². The summed E-state index contributed by atoms with van der Waals surface area (Å²) >= 11 is 0. The standard InChI is InChI=1S/C23H22N2O8S/c1-15(22(26)24-12-16-4-9-20-21(11-16)32-14-31-20)33-23(27)17-5-7-19(8-6-17)34(28,29)25-13-18-3-2-10-30-18/h2-11,15,25H,12-14H2,1H3,(H,24,26)/t15-/m1/s1. The van der Waals surface area contributed by atoms with Crippen molar-refractivity contribution >= 4 is 21.9 Å². The van der Waals surface area contributed by atoms with Crippen molar-refractivity contribution in [2.45, 2.75) is 31.0 Å². The van der Waals surface area contributed by atoms with Gasteiger partial charge >= 0.3 is 5.97 Å². The number of hydrogen-bond acceptors (Lipinski definition) is 8. The lowest BCUT2D eigenvalue weighted by Gasteiger charge is -2.14. The van der Waals surface area contributed by atoms with Crippen molar-refractivity contribution in [3.63, 3.8) is 0 Å². The first-order chi connectivity index (χ1) is 16.3. The van der Waals surface area contributed by atoms with Gasteiger partial charge in [0.2, 0.25) is 16.8 Å². The molecule has 1 aliphatic heterocycles. The van der Waals surface area contributed by atoms with E-state index in [0.717, 1.165) is 5.56 Å². The summed E-state index contributed by atoms with van der Waals surface area (Å²) in [5.41, 5.74) is 0.911. The van der Waals surface area contributed by atoms with E-state index in [9.17, 15) is 18.0 Å². The molecule has 0 spiro atoms. The molecule has 1 aromatic heterocycles. The number of carbonyl (C=O) groups excluding carboxylic acids is 2. The van der Waals surface area contributed by atoms with Crippen LogP contribution in [0.1, 0.15) is 28.6 Å². The molecule has 0 radical (unpaired) electrons. The van der Waals surface area contributed by atoms with Gasteiger partial charge in [-0.1, -0.05) is 6.07 Å². The SMILES string of the molecule is C[C@@H](OC(=O)c1ccc(S(=O)(=O)NCc2ccco2)cc1)C(=O)NCc1ccc2c(c1)OCO2. The average Bonchev–Trinajstić information content (AvgIpc) is 3.53. The highest BCUT2D eigenvalue weighted by molar-refractivity contribution is 7.89. The van der Waals surface area contributed by atoms with Crippen LogP contribution in [0.15, 0.2) is 70.2 Å². The average molecular weight is 487 g/mol. The van der Waals surface area contributed by atoms with Crippen LogP contribution in [-0.4, -0.2) is 33.2 Å². The maximum absolute atomic E-state index is 12.4. The maximum atomic E-state index is 12.4. The van der Waals surface area contributed by atoms with Gasteiger partial charge in [0, 0.05) is 6.54 Å². The van der Waals surface area contributed by atoms with Gasteiger partial charge in [-0.25, -0.2) is 17.9 Å². The Kier molecular flexibility index (Phi) is 6.85. The molecule has 3 aromatic rings. The second-order valence-electron chi connectivity index (χ2n) is 7.38. The number of amides is 1. The minimum atomic E-state index is -3.80. The third kappa shape index (κ3) is 5.56. The number of ether oxygens (including phenoxy) is 3. The van der Waals surface area contributed by atoms with Crippen LogP contribution < -0.4 is 19.5 Å². The van der Waals surface area contributed by atoms with E-state index in [2.05, 4.69) is 10.0 Å². The molecular weight excluding hydrogens is 464 g/mol. The summed E-state index contributed by atoms with van der Waals surface area (Å²) in [6, 6.07) is 13.8. The highest BCUT2D eigenvalue weighted by Gasteiger charge is 2.21. The minimum absolute atomic E-state index is 0.00197. The second-order valence-corrected chi connectivity index (χ2v) is 9.15. The number of carbonyl (C=O) groups is 2. The Bertz CT molecular complexity index is 1270. The number of rotatable bonds is 9. The molecule has 0 aliphatic carbocycles. The maximum Gasteiger partial charge on any atom is 0.338 e. The van der Waals surface area contributed by atoms with E-state index >= 15 is 0 Å². The molecule has 178 valence electrons. The van der Waals surface area contributed by atoms with Crippen molar-refractivity contribution in [2.75, 3.05) is 6.79 Å². The Balaban J connectivity index is 1.28. The molecule has 4 rings (SSSR count). The zero-order valence-electron chi connectivity index (χ0n) is 18.1. The van der Waals surface area contributed by atoms with Gasteiger partial charge in [0.05, 0.1) is 23.3 Å². The zero-order chi connectivity index (χ0) is 24.1. The number of nitrogens with one attached hydrogen (secondary N) is 2. The van der Waals surface area contributed by atoms with Gasteiger partial charge in [0.1, 0.15) is 5.76 Å². The summed E-state index contributed by atoms with van der Waals surface area (Å²) in [6.07, 6.45) is 0.391. The molecule has 1 amide bonds. The van der Waals surface area contributed by atoms with Crippen molar-refractivity contribution in [3.05, 3.63) is 77.7 Å². The summed E-state index contributed by atoms with van der Waals surface area (Å²) in [5, 5.41) is 2.69. The van der Waals surface area contributed by atoms with E-state index in [4.69, 9.17) is 18.6 Å². The van der Waals surface area contributed by atoms with Crippen molar-refractivity contribution in [3.8, 4) is 11.5 Å². The Morgan fingerprint density at radius 1 is 1.03 bits per heavy atom. The van der Waals surface area contributed by atoms with Gasteiger partial charge in [-0.15, -0.1) is 0 Å². The van der Waals surface area contributed by atoms with Crippen LogP contribution >= 0.6 is 0 Å². The van der Waals surface area contributed by atoms with Crippen molar-refractivity contribution in [1.29, 1.82) is 0 Å². The summed E-state index contributed by atoms with van der Waals surface area (Å²) < 4.78 is 48.1. The van der Waals surface area contributed by atoms with Crippen LogP contribution in [0.2, 0.25) is 0 Å². The summed E-state index contributed by atoms with van der Waals surface area (Å²) in [4.78, 5) is 24.7. The molecular formula is C23H22N2O8S. The van der Waals surface area contributed by atoms with Crippen molar-refractivity contribution < 1.29 is 36.6 Å². The summed E-state index contributed by atoms with van der Waals surface area (Å²) in [7, 11) is -3.80. The molecule has 0 unspecified atom stereocenters. The van der Waals surface area contributed by atoms with Crippen molar-refractivity contribution in [1.82, 2.24) is 10.0 Å². The normalized spacial score (nSPS) is 13.3. The van der Waals surface area contributed by atoms with E-state index in [1.54, 1.807) is 30.3 Å². The quantitative estimate of drug-likeness (QED) is 0.441. The zero-order valence-corrected chi connectivity index (χ0v) is 19.0. The number of fused-ring (bicyclic) bond motifs is 1. The largest absolute Gasteiger partial charge is 0.468 e. The fourth-order valence-corrected chi connectivity index (χ4v) is 4.09. The molecule has 2 heterocycles. The van der Waals surface area contributed by atoms with Gasteiger partial charge in [0.25, 0.3) is 5.91 Å². The minimum Gasteiger partial charge on any atom is -0.468 e. The van der Waals surface area contributed by atoms with Gasteiger partial charge in [0.15, 0.2) is 17.6 Å². The number of benzene rings is 2. The van der Waals surface area contributed by atoms with E-state index in [0.29, 0.717) is 17.3 Å². The lowest BCUT2D eigenvalue weighted by atomic mass is 10.2. The fraction of sp³-hybridized carbons (Fsp3) is 0.217. The van der Waals surface area contributed by atoms with Crippen LogP contribution in [0.3, 0.4) is 0 Å². The number of hydrogen-bond donors (Lipinski definition) is 2. The van der Waals surface area contributed by atoms with Gasteiger partial charge < -0.3 is 23.9 Å². The lowest BCUT2D eigenvalue weighted by Crippen LogP contribution is -2.35. The van der Waals surface area contributed by atoms with E-state index in [1.165, 1.54) is 37.5 Å². The number of sulfonamides is 1. The van der Waals surface area contributed by atoms with Gasteiger partial charge in [-0.2, -0.15) is 0 Å². The molecule has 0 bridgehead atoms. The monoisotopic (exact) mass is 486 g/mol. The van der Waals surface area contributed by atoms with E-state index < -0.39 is 28.0 Å². The van der Waals surface area contributed by atoms with E-state index in [-0.39, 0.29) is 30.3 Å². The summed E-state index contributed by atoms with van der Waals surface area (Å²) in [6.45, 7) is 1.82. The van der Waals surface area contributed by atoms with Crippen LogP contribution in [0.25, 0.3) is 0 Å².